The van der Waals surface area contributed by atoms with E-state index in [9.17, 15) is 43.2 Å². The zero-order valence-corrected chi connectivity index (χ0v) is 68.9. The summed E-state index contributed by atoms with van der Waals surface area (Å²) in [5.41, 5.74) is 0. The number of carbonyl (C=O) groups excluding carboxylic acids is 4. The SMILES string of the molecule is CC/C=C\C/C=C\C/C=C\C/C=C\C/C=C\CCCC(=O)OCC(COP(=O)(O)OCC(O)COP(=O)(O)OCC(COC(=O)CCCCCCCC/C=C\C/C=C\C/C=C\CCCCC)OC(=O)CCCCCCCCCCCCCCCCC)OC(=O)CCCCCCC/C=C\CCCCCCCC. The lowest BCUT2D eigenvalue weighted by molar-refractivity contribution is -0.161. The summed E-state index contributed by atoms with van der Waals surface area (Å²) in [6.07, 6.45) is 86.3. The molecule has 0 aliphatic rings. The number of hydrogen-bond acceptors (Lipinski definition) is 15. The zero-order valence-electron chi connectivity index (χ0n) is 67.1. The Bertz CT molecular complexity index is 2430. The molecule has 0 rings (SSSR count). The molecule has 0 bridgehead atoms. The second kappa shape index (κ2) is 78.8. The van der Waals surface area contributed by atoms with Crippen LogP contribution >= 0.6 is 15.6 Å². The number of allylic oxidation sites excluding steroid dienone is 18. The third-order valence-electron chi connectivity index (χ3n) is 17.7. The van der Waals surface area contributed by atoms with Crippen molar-refractivity contribution < 1.29 is 80.2 Å². The van der Waals surface area contributed by atoms with Gasteiger partial charge < -0.3 is 33.8 Å². The summed E-state index contributed by atoms with van der Waals surface area (Å²) in [6, 6.07) is 0. The van der Waals surface area contributed by atoms with Crippen LogP contribution in [0.15, 0.2) is 109 Å². The first-order valence-electron chi connectivity index (χ1n) is 42.1. The van der Waals surface area contributed by atoms with Crippen LogP contribution in [0.5, 0.6) is 0 Å². The van der Waals surface area contributed by atoms with Gasteiger partial charge >= 0.3 is 39.5 Å². The molecule has 106 heavy (non-hydrogen) atoms. The highest BCUT2D eigenvalue weighted by Crippen LogP contribution is 2.45. The highest BCUT2D eigenvalue weighted by Gasteiger charge is 2.30. The molecule has 19 heteroatoms. The van der Waals surface area contributed by atoms with Gasteiger partial charge in [-0.1, -0.05) is 317 Å². The van der Waals surface area contributed by atoms with E-state index in [1.165, 1.54) is 122 Å². The Labute approximate surface area is 645 Å². The molecule has 0 fully saturated rings. The molecular formula is C87H152O17P2. The fraction of sp³-hybridized carbons (Fsp3) is 0.747. The molecule has 0 aromatic rings. The van der Waals surface area contributed by atoms with Crippen LogP contribution in [0.1, 0.15) is 362 Å². The number of hydrogen-bond donors (Lipinski definition) is 3. The van der Waals surface area contributed by atoms with Crippen molar-refractivity contribution in [3.63, 3.8) is 0 Å². The van der Waals surface area contributed by atoms with Crippen molar-refractivity contribution in [3.05, 3.63) is 109 Å². The third kappa shape index (κ3) is 77.9. The van der Waals surface area contributed by atoms with Gasteiger partial charge in [0.25, 0.3) is 0 Å². The van der Waals surface area contributed by atoms with Crippen LogP contribution in [0.2, 0.25) is 0 Å². The molecule has 17 nitrogen and oxygen atoms in total. The molecule has 0 amide bonds. The number of aliphatic hydroxyl groups is 1. The molecule has 0 saturated carbocycles. The van der Waals surface area contributed by atoms with Crippen molar-refractivity contribution in [2.45, 2.75) is 380 Å². The lowest BCUT2D eigenvalue weighted by Crippen LogP contribution is -2.30. The molecule has 5 unspecified atom stereocenters. The summed E-state index contributed by atoms with van der Waals surface area (Å²) in [5.74, 6) is -2.24. The van der Waals surface area contributed by atoms with Gasteiger partial charge in [0.1, 0.15) is 19.3 Å². The van der Waals surface area contributed by atoms with Crippen LogP contribution in [-0.4, -0.2) is 96.7 Å². The predicted octanol–water partition coefficient (Wildman–Crippen LogP) is 24.9. The number of ether oxygens (including phenoxy) is 4. The predicted molar refractivity (Wildman–Crippen MR) is 436 cm³/mol. The monoisotopic (exact) mass is 1530 g/mol. The van der Waals surface area contributed by atoms with Crippen LogP contribution in [-0.2, 0) is 65.4 Å². The molecule has 0 saturated heterocycles. The van der Waals surface area contributed by atoms with E-state index < -0.39 is 97.5 Å². The summed E-state index contributed by atoms with van der Waals surface area (Å²) in [7, 11) is -9.98. The molecule has 0 aromatic carbocycles. The van der Waals surface area contributed by atoms with Gasteiger partial charge in [-0.15, -0.1) is 0 Å². The Kier molecular flexibility index (Phi) is 75.6. The van der Waals surface area contributed by atoms with Gasteiger partial charge in [0.05, 0.1) is 26.4 Å². The Morgan fingerprint density at radius 2 is 0.500 bits per heavy atom. The highest BCUT2D eigenvalue weighted by atomic mass is 31.2. The summed E-state index contributed by atoms with van der Waals surface area (Å²) < 4.78 is 68.7. The van der Waals surface area contributed by atoms with Gasteiger partial charge in [-0.05, 0) is 128 Å². The summed E-state index contributed by atoms with van der Waals surface area (Å²) in [4.78, 5) is 73.2. The van der Waals surface area contributed by atoms with Crippen LogP contribution < -0.4 is 0 Å². The summed E-state index contributed by atoms with van der Waals surface area (Å²) in [6.45, 7) is 4.70. The number of rotatable bonds is 79. The molecule has 0 aliphatic carbocycles. The minimum absolute atomic E-state index is 0.0726. The molecule has 0 spiro atoms. The maximum absolute atomic E-state index is 13.1. The van der Waals surface area contributed by atoms with Crippen molar-refractivity contribution >= 4 is 39.5 Å². The van der Waals surface area contributed by atoms with Crippen molar-refractivity contribution in [2.75, 3.05) is 39.6 Å². The second-order valence-electron chi connectivity index (χ2n) is 28.0. The molecule has 5 atom stereocenters. The molecule has 0 heterocycles. The lowest BCUT2D eigenvalue weighted by Gasteiger charge is -2.21. The number of phosphoric acid groups is 2. The van der Waals surface area contributed by atoms with Crippen molar-refractivity contribution in [1.82, 2.24) is 0 Å². The standard InChI is InChI=1S/C87H152O17P2/c1-5-9-13-17-21-25-29-33-37-39-40-42-46-48-52-56-60-64-68-72-85(90)98-78-83(104-87(92)74-70-66-62-58-54-50-44-36-32-28-24-20-16-12-8-4)80-102-106(95,96)100-76-81(88)75-99-105(93,94)101-79-82(103-86(91)73-69-65-61-57-53-49-43-35-31-27-23-19-15-11-7-3)77-97-84(89)71-67-63-59-55-51-47-45-41-38-34-30-26-22-18-14-10-6-2/h10,14,21-22,25-26,33-35,37-38,40,42-43,45,47,55,59,81-83,88H,5-9,11-13,15-20,23-24,27-32,36,39,41,44,46,48-54,56-58,60-80H2,1-4H3,(H,93,94)(H,95,96)/b14-10-,25-21-,26-22-,37-33-,38-34-,42-40-,43-35-,47-45-,59-55-. The smallest absolute Gasteiger partial charge is 0.462 e. The fourth-order valence-electron chi connectivity index (χ4n) is 11.3. The zero-order chi connectivity index (χ0) is 77.4. The van der Waals surface area contributed by atoms with E-state index >= 15 is 0 Å². The van der Waals surface area contributed by atoms with E-state index in [1.54, 1.807) is 0 Å². The normalized spacial score (nSPS) is 14.4. The van der Waals surface area contributed by atoms with Crippen LogP contribution in [0.25, 0.3) is 0 Å². The minimum Gasteiger partial charge on any atom is -0.462 e. The fourth-order valence-corrected chi connectivity index (χ4v) is 12.9. The first kappa shape index (κ1) is 102. The number of unbranched alkanes of at least 4 members (excludes halogenated alkanes) is 35. The third-order valence-corrected chi connectivity index (χ3v) is 19.6. The lowest BCUT2D eigenvalue weighted by atomic mass is 10.0. The Morgan fingerprint density at radius 1 is 0.274 bits per heavy atom. The quantitative estimate of drug-likeness (QED) is 0.0169. The van der Waals surface area contributed by atoms with E-state index in [0.29, 0.717) is 32.1 Å². The maximum atomic E-state index is 13.1. The van der Waals surface area contributed by atoms with Gasteiger partial charge in [-0.2, -0.15) is 0 Å². The largest absolute Gasteiger partial charge is 0.472 e. The maximum Gasteiger partial charge on any atom is 0.472 e. The molecule has 612 valence electrons. The van der Waals surface area contributed by atoms with E-state index in [4.69, 9.17) is 37.0 Å². The van der Waals surface area contributed by atoms with Crippen LogP contribution in [0, 0.1) is 0 Å². The number of carbonyl (C=O) groups is 4. The van der Waals surface area contributed by atoms with Gasteiger partial charge in [0.2, 0.25) is 0 Å². The first-order chi connectivity index (χ1) is 51.7. The molecule has 3 N–H and O–H groups in total. The van der Waals surface area contributed by atoms with E-state index in [-0.39, 0.29) is 25.7 Å². The average Bonchev–Trinajstić information content (AvgIpc) is 0.928. The van der Waals surface area contributed by atoms with E-state index in [0.717, 1.165) is 154 Å². The molecule has 0 radical (unpaired) electrons. The molecule has 0 aliphatic heterocycles. The van der Waals surface area contributed by atoms with Gasteiger partial charge in [-0.25, -0.2) is 9.13 Å². The Balaban J connectivity index is 5.40. The molecular weight excluding hydrogens is 1380 g/mol. The van der Waals surface area contributed by atoms with Crippen LogP contribution in [0.3, 0.4) is 0 Å². The minimum atomic E-state index is -4.99. The number of esters is 4. The van der Waals surface area contributed by atoms with E-state index in [2.05, 4.69) is 125 Å². The number of phosphoric ester groups is 2. The van der Waals surface area contributed by atoms with Gasteiger partial charge in [-0.3, -0.25) is 37.3 Å². The Hall–Kier alpha value is -4.28. The molecule has 0 aromatic heterocycles. The summed E-state index contributed by atoms with van der Waals surface area (Å²) in [5, 5.41) is 10.7. The highest BCUT2D eigenvalue weighted by molar-refractivity contribution is 7.47. The van der Waals surface area contributed by atoms with Crippen molar-refractivity contribution in [3.8, 4) is 0 Å². The first-order valence-corrected chi connectivity index (χ1v) is 45.1. The van der Waals surface area contributed by atoms with E-state index in [1.807, 2.05) is 12.2 Å². The van der Waals surface area contributed by atoms with Crippen LogP contribution in [0.4, 0.5) is 0 Å². The van der Waals surface area contributed by atoms with Gasteiger partial charge in [0.15, 0.2) is 12.2 Å². The second-order valence-corrected chi connectivity index (χ2v) is 30.9. The average molecular weight is 1530 g/mol. The summed E-state index contributed by atoms with van der Waals surface area (Å²) >= 11 is 0. The van der Waals surface area contributed by atoms with Crippen molar-refractivity contribution in [1.29, 1.82) is 0 Å². The number of aliphatic hydroxyl groups excluding tert-OH is 1. The van der Waals surface area contributed by atoms with Gasteiger partial charge in [0, 0.05) is 25.7 Å². The Morgan fingerprint density at radius 3 is 0.821 bits per heavy atom. The topological polar surface area (TPSA) is 237 Å². The van der Waals surface area contributed by atoms with Crippen molar-refractivity contribution in [2.24, 2.45) is 0 Å².